The summed E-state index contributed by atoms with van der Waals surface area (Å²) >= 11 is 0. The second-order valence-corrected chi connectivity index (χ2v) is 26.7. The molecule has 45 atom stereocenters. The largest absolute Gasteiger partial charge is 0.394 e. The average molecular weight is 1560 g/mol. The fourth-order valence-electron chi connectivity index (χ4n) is 13.5. The van der Waals surface area contributed by atoms with Crippen molar-refractivity contribution in [3.8, 4) is 0 Å². The summed E-state index contributed by atoms with van der Waals surface area (Å²) in [5, 5.41) is 302. The van der Waals surface area contributed by atoms with Gasteiger partial charge in [0, 0.05) is 13.8 Å². The van der Waals surface area contributed by atoms with Crippen LogP contribution in [-0.4, -0.2) is 485 Å². The van der Waals surface area contributed by atoms with Crippen LogP contribution in [0.15, 0.2) is 0 Å². The summed E-state index contributed by atoms with van der Waals surface area (Å²) in [6, 6.07) is -3.56. The Labute approximate surface area is 598 Å². The molecule has 9 saturated heterocycles. The van der Waals surface area contributed by atoms with Gasteiger partial charge in [0.15, 0.2) is 56.6 Å². The van der Waals surface area contributed by atoms with Gasteiger partial charge in [0.05, 0.1) is 59.5 Å². The zero-order valence-electron chi connectivity index (χ0n) is 56.2. The molecule has 9 aliphatic rings. The highest BCUT2D eigenvalue weighted by atomic mass is 16.8. The van der Waals surface area contributed by atoms with Gasteiger partial charge in [0.25, 0.3) is 0 Å². The maximum Gasteiger partial charge on any atom is 0.217 e. The molecule has 616 valence electrons. The Morgan fingerprint density at radius 3 is 0.962 bits per heavy atom. The minimum absolute atomic E-state index is 0.785. The first kappa shape index (κ1) is 87.2. The van der Waals surface area contributed by atoms with Crippen LogP contribution in [-0.2, 0) is 90.1 Å². The number of carbonyl (C=O) groups excluding carboxylic acids is 2. The first-order valence-electron chi connectivity index (χ1n) is 33.7. The third kappa shape index (κ3) is 18.7. The Hall–Kier alpha value is -2.82. The predicted octanol–water partition coefficient (Wildman–Crippen LogP) is -20.3. The summed E-state index contributed by atoms with van der Waals surface area (Å²) in [6.07, 6.45) is -91.5. The van der Waals surface area contributed by atoms with Crippen LogP contribution in [0.3, 0.4) is 0 Å². The van der Waals surface area contributed by atoms with Crippen LogP contribution in [0.4, 0.5) is 0 Å². The number of rotatable bonds is 27. The molecular weight excluding hydrogens is 1460 g/mol. The lowest BCUT2D eigenvalue weighted by atomic mass is 9.94. The van der Waals surface area contributed by atoms with E-state index in [0.29, 0.717) is 0 Å². The van der Waals surface area contributed by atoms with E-state index in [1.54, 1.807) is 0 Å². The molecule has 106 heavy (non-hydrogen) atoms. The van der Waals surface area contributed by atoms with Crippen molar-refractivity contribution in [2.75, 3.05) is 59.5 Å². The van der Waals surface area contributed by atoms with E-state index in [0.717, 1.165) is 13.8 Å². The molecule has 0 aromatic heterocycles. The summed E-state index contributed by atoms with van der Waals surface area (Å²) < 4.78 is 99.3. The lowest BCUT2D eigenvalue weighted by Crippen LogP contribution is -2.70. The molecular formula is C58H98N2O46. The summed E-state index contributed by atoms with van der Waals surface area (Å²) in [5.74, 6) is -1.72. The Morgan fingerprint density at radius 2 is 0.519 bits per heavy atom. The lowest BCUT2D eigenvalue weighted by Gasteiger charge is -2.51. The Morgan fingerprint density at radius 1 is 0.245 bits per heavy atom. The molecule has 0 aliphatic carbocycles. The topological polar surface area (TPSA) is 761 Å². The third-order valence-corrected chi connectivity index (χ3v) is 19.5. The summed E-state index contributed by atoms with van der Waals surface area (Å²) in [7, 11) is 0. The van der Waals surface area contributed by atoms with Gasteiger partial charge >= 0.3 is 0 Å². The van der Waals surface area contributed by atoms with Crippen molar-refractivity contribution in [2.24, 2.45) is 0 Å². The number of hydrogen-bond acceptors (Lipinski definition) is 46. The average Bonchev–Trinajstić information content (AvgIpc) is 0.771. The van der Waals surface area contributed by atoms with Gasteiger partial charge in [0.2, 0.25) is 11.8 Å². The molecule has 0 aromatic carbocycles. The van der Waals surface area contributed by atoms with E-state index in [1.165, 1.54) is 0 Å². The molecule has 0 bridgehead atoms. The van der Waals surface area contributed by atoms with Crippen LogP contribution in [0, 0.1) is 0 Å². The number of nitrogens with one attached hydrogen (secondary N) is 2. The van der Waals surface area contributed by atoms with Crippen molar-refractivity contribution in [1.29, 1.82) is 0 Å². The summed E-state index contributed by atoms with van der Waals surface area (Å²) in [6.45, 7) is -7.77. The molecule has 0 spiro atoms. The molecule has 0 aromatic rings. The van der Waals surface area contributed by atoms with Crippen LogP contribution in [0.2, 0.25) is 0 Å². The molecule has 0 radical (unpaired) electrons. The van der Waals surface area contributed by atoms with Gasteiger partial charge in [-0.05, 0) is 0 Å². The normalized spacial score (nSPS) is 51.2. The van der Waals surface area contributed by atoms with E-state index < -0.39 is 348 Å². The summed E-state index contributed by atoms with van der Waals surface area (Å²) in [4.78, 5) is 25.0. The van der Waals surface area contributed by atoms with Crippen molar-refractivity contribution >= 4 is 11.8 Å². The van der Waals surface area contributed by atoms with E-state index in [4.69, 9.17) is 80.5 Å². The fourth-order valence-corrected chi connectivity index (χ4v) is 13.5. The Kier molecular flexibility index (Phi) is 31.1. The number of aliphatic hydroxyl groups excluding tert-OH is 27. The highest BCUT2D eigenvalue weighted by Gasteiger charge is 2.61. The van der Waals surface area contributed by atoms with Crippen LogP contribution in [0.1, 0.15) is 13.8 Å². The molecule has 48 heteroatoms. The highest BCUT2D eigenvalue weighted by molar-refractivity contribution is 5.73. The Bertz CT molecular complexity index is 2710. The van der Waals surface area contributed by atoms with Gasteiger partial charge < -0.3 is 229 Å². The smallest absolute Gasteiger partial charge is 0.217 e. The minimum Gasteiger partial charge on any atom is -0.394 e. The highest BCUT2D eigenvalue weighted by Crippen LogP contribution is 2.40. The number of ether oxygens (including phenoxy) is 17. The number of carbonyl (C=O) groups is 2. The standard InChI is InChI=1S/C58H98N2O46/c1-12(68)59-23-32(77)44(19(8-66)92-50(23)89)101-51-24(60-13(2)69)33(78)45(20(9-67)98-51)102-55-43(88)46(31(76)22(99-55)11-90-52-40(85)34(79)25(70)14(3-61)93-52)103-58-49(106-57-48(38(83)29(74)18(7-65)97-57)105-54-42(87)36(81)27(72)16(5-63)95-54)39(84)30(75)21(100-58)10-91-56-47(37(82)28(73)17(6-64)96-56)104-53-41(86)35(80)26(71)15(4-62)94-53/h14-58,61-67,70-89H,3-11H2,1-2H3,(H,59,68)(H,60,69)/t14-,15-,16-,17-,18-,19-,20-,21-,22-,23-,24-,25-,26-,27-,28-,29-,30-,31-,32-,33-,34+,35+,36+,37+,38+,39+,40+,41+,42+,43+,44-,45-,46+,47+,48+,49+,50-,51+,52+,53-,54+,55+,56+,57-,58-/m1/s1. The van der Waals surface area contributed by atoms with E-state index in [-0.39, 0.29) is 0 Å². The minimum atomic E-state index is -2.61. The summed E-state index contributed by atoms with van der Waals surface area (Å²) in [5.41, 5.74) is 0. The Balaban J connectivity index is 1.08. The van der Waals surface area contributed by atoms with Crippen molar-refractivity contribution in [3.05, 3.63) is 0 Å². The number of hydrogen-bond donors (Lipinski definition) is 29. The number of aliphatic hydroxyl groups is 27. The molecule has 29 N–H and O–H groups in total. The predicted molar refractivity (Wildman–Crippen MR) is 320 cm³/mol. The maximum atomic E-state index is 12.9. The van der Waals surface area contributed by atoms with Crippen LogP contribution in [0.25, 0.3) is 0 Å². The van der Waals surface area contributed by atoms with E-state index in [2.05, 4.69) is 10.6 Å². The number of amides is 2. The van der Waals surface area contributed by atoms with Crippen LogP contribution in [0.5, 0.6) is 0 Å². The van der Waals surface area contributed by atoms with Gasteiger partial charge in [-0.15, -0.1) is 0 Å². The quantitative estimate of drug-likeness (QED) is 0.0363. The fraction of sp³-hybridized carbons (Fsp3) is 0.966. The SMILES string of the molecule is CC(=O)N[C@@H]1[C@@H](O)[C@H](O[C@@H]2O[C@H](CO)[C@@H](O[C@@H]3O[C@H](CO[C@H]4O[C@H](CO)[C@@H](O)[C@H](O)[C@@H]4O)[C@@H](O)[C@H](O[C@H]4O[C@H](CO[C@H]5O[C@H](CO)[C@@H](O)[C@H](O)[C@@H]5O[C@H]5O[C@H](CO)[C@@H](O)[C@H](O)[C@@H]5O)[C@@H](O)[C@H](O)[C@@H]4O[C@H]4O[C@H](CO)[C@@H](O)[C@H](O)[C@@H]4O[C@@H]4O[C@H](CO)[C@@H](O)[C@H](O)[C@@H]4O)[C@@H]3O)[C@H](O)[C@H]2NC(C)=O)[C@@H](CO)O[C@H]1O. The molecule has 0 unspecified atom stereocenters. The van der Waals surface area contributed by atoms with Crippen LogP contribution < -0.4 is 10.6 Å². The molecule has 9 rings (SSSR count). The molecule has 9 heterocycles. The van der Waals surface area contributed by atoms with Crippen molar-refractivity contribution in [3.63, 3.8) is 0 Å². The van der Waals surface area contributed by atoms with E-state index in [9.17, 15) is 147 Å². The second-order valence-electron chi connectivity index (χ2n) is 26.7. The van der Waals surface area contributed by atoms with Gasteiger partial charge in [-0.1, -0.05) is 0 Å². The van der Waals surface area contributed by atoms with Crippen molar-refractivity contribution in [1.82, 2.24) is 10.6 Å². The third-order valence-electron chi connectivity index (χ3n) is 19.5. The zero-order valence-corrected chi connectivity index (χ0v) is 56.2. The maximum absolute atomic E-state index is 12.9. The van der Waals surface area contributed by atoms with Crippen LogP contribution >= 0.6 is 0 Å². The van der Waals surface area contributed by atoms with E-state index >= 15 is 0 Å². The molecule has 48 nitrogen and oxygen atoms in total. The second kappa shape index (κ2) is 37.9. The zero-order chi connectivity index (χ0) is 77.9. The lowest BCUT2D eigenvalue weighted by molar-refractivity contribution is -0.410. The molecule has 0 saturated carbocycles. The first-order valence-corrected chi connectivity index (χ1v) is 33.7. The molecule has 9 aliphatic heterocycles. The van der Waals surface area contributed by atoms with Crippen molar-refractivity contribution in [2.45, 2.75) is 290 Å². The molecule has 9 fully saturated rings. The van der Waals surface area contributed by atoms with Gasteiger partial charge in [-0.3, -0.25) is 9.59 Å². The first-order chi connectivity index (χ1) is 50.2. The molecule has 2 amide bonds. The monoisotopic (exact) mass is 1560 g/mol. The van der Waals surface area contributed by atoms with Gasteiger partial charge in [-0.2, -0.15) is 0 Å². The van der Waals surface area contributed by atoms with E-state index in [1.807, 2.05) is 0 Å². The van der Waals surface area contributed by atoms with Crippen molar-refractivity contribution < 1.29 is 228 Å². The van der Waals surface area contributed by atoms with Gasteiger partial charge in [0.1, 0.15) is 220 Å². The van der Waals surface area contributed by atoms with Gasteiger partial charge in [-0.25, -0.2) is 0 Å².